The summed E-state index contributed by atoms with van der Waals surface area (Å²) in [6.07, 6.45) is -1.10. The highest BCUT2D eigenvalue weighted by molar-refractivity contribution is 5.67. The predicted molar refractivity (Wildman–Crippen MR) is 69.0 cm³/mol. The number of fused-ring (bicyclic) bond motifs is 1. The molecule has 2 rings (SSSR count). The zero-order valence-electron chi connectivity index (χ0n) is 11.1. The first-order valence-corrected chi connectivity index (χ1v) is 6.36. The number of nitrogens with zero attached hydrogens (tertiary/aromatic N) is 3. The van der Waals surface area contributed by atoms with Crippen molar-refractivity contribution in [2.45, 2.75) is 12.6 Å². The average Bonchev–Trinajstić information content (AvgIpc) is 2.87. The summed E-state index contributed by atoms with van der Waals surface area (Å²) < 4.78 is 44.1. The molecule has 0 amide bonds. The molecule has 0 spiro atoms. The maximum atomic E-state index is 12.6. The molecule has 0 unspecified atom stereocenters. The molecule has 2 aromatic rings. The SMILES string of the molecule is OCCOCCCNc1nccn2nc(C(F)(F)F)cc12. The Morgan fingerprint density at radius 1 is 1.33 bits per heavy atom. The summed E-state index contributed by atoms with van der Waals surface area (Å²) in [5.74, 6) is 0.336. The van der Waals surface area contributed by atoms with Crippen LogP contribution in [0.3, 0.4) is 0 Å². The molecule has 0 aromatic carbocycles. The van der Waals surface area contributed by atoms with Crippen LogP contribution in [0.25, 0.3) is 5.52 Å². The molecule has 0 atom stereocenters. The van der Waals surface area contributed by atoms with Gasteiger partial charge in [-0.15, -0.1) is 0 Å². The Bertz CT molecular complexity index is 585. The average molecular weight is 304 g/mol. The number of aliphatic hydroxyl groups excluding tert-OH is 1. The molecule has 116 valence electrons. The van der Waals surface area contributed by atoms with Gasteiger partial charge in [-0.1, -0.05) is 0 Å². The third-order valence-corrected chi connectivity index (χ3v) is 2.67. The highest BCUT2D eigenvalue weighted by Gasteiger charge is 2.34. The molecule has 0 saturated heterocycles. The van der Waals surface area contributed by atoms with E-state index in [1.165, 1.54) is 12.4 Å². The summed E-state index contributed by atoms with van der Waals surface area (Å²) in [6, 6.07) is 0.956. The van der Waals surface area contributed by atoms with Crippen LogP contribution in [0, 0.1) is 0 Å². The van der Waals surface area contributed by atoms with E-state index in [1.807, 2.05) is 0 Å². The van der Waals surface area contributed by atoms with Crippen LogP contribution >= 0.6 is 0 Å². The van der Waals surface area contributed by atoms with Crippen molar-refractivity contribution in [1.82, 2.24) is 14.6 Å². The number of ether oxygens (including phenoxy) is 1. The van der Waals surface area contributed by atoms with Gasteiger partial charge in [0.15, 0.2) is 11.5 Å². The van der Waals surface area contributed by atoms with Crippen molar-refractivity contribution in [3.05, 3.63) is 24.2 Å². The fraction of sp³-hybridized carbons (Fsp3) is 0.500. The van der Waals surface area contributed by atoms with E-state index in [1.54, 1.807) is 0 Å². The summed E-state index contributed by atoms with van der Waals surface area (Å²) in [5, 5.41) is 15.0. The normalized spacial score (nSPS) is 12.0. The topological polar surface area (TPSA) is 71.7 Å². The van der Waals surface area contributed by atoms with Crippen molar-refractivity contribution in [3.63, 3.8) is 0 Å². The first-order valence-electron chi connectivity index (χ1n) is 6.36. The Kier molecular flexibility index (Phi) is 4.97. The fourth-order valence-corrected chi connectivity index (χ4v) is 1.74. The van der Waals surface area contributed by atoms with Gasteiger partial charge in [0.05, 0.1) is 13.2 Å². The Labute approximate surface area is 118 Å². The van der Waals surface area contributed by atoms with Crippen molar-refractivity contribution < 1.29 is 23.0 Å². The van der Waals surface area contributed by atoms with E-state index in [4.69, 9.17) is 9.84 Å². The molecule has 0 aliphatic carbocycles. The Hall–Kier alpha value is -1.87. The minimum absolute atomic E-state index is 0.0374. The number of anilines is 1. The van der Waals surface area contributed by atoms with Crippen molar-refractivity contribution in [2.75, 3.05) is 31.7 Å². The standard InChI is InChI=1S/C12H15F3N4O2/c13-12(14,15)10-8-9-11(17-3-4-19(9)18-10)16-2-1-6-21-7-5-20/h3-4,8,20H,1-2,5-7H2,(H,16,17). The molecule has 0 aliphatic rings. The van der Waals surface area contributed by atoms with E-state index in [9.17, 15) is 13.2 Å². The zero-order chi connectivity index (χ0) is 15.3. The molecule has 21 heavy (non-hydrogen) atoms. The number of aliphatic hydroxyl groups is 1. The van der Waals surface area contributed by atoms with Crippen molar-refractivity contribution in [1.29, 1.82) is 0 Å². The van der Waals surface area contributed by atoms with Gasteiger partial charge in [-0.05, 0) is 6.42 Å². The Morgan fingerprint density at radius 3 is 2.86 bits per heavy atom. The summed E-state index contributed by atoms with van der Waals surface area (Å²) in [4.78, 5) is 4.02. The maximum absolute atomic E-state index is 12.6. The van der Waals surface area contributed by atoms with Crippen LogP contribution in [0.1, 0.15) is 12.1 Å². The lowest BCUT2D eigenvalue weighted by Crippen LogP contribution is -2.09. The highest BCUT2D eigenvalue weighted by atomic mass is 19.4. The molecule has 6 nitrogen and oxygen atoms in total. The van der Waals surface area contributed by atoms with Crippen molar-refractivity contribution >= 4 is 11.3 Å². The number of hydrogen-bond acceptors (Lipinski definition) is 5. The maximum Gasteiger partial charge on any atom is 0.435 e. The molecule has 0 bridgehead atoms. The highest BCUT2D eigenvalue weighted by Crippen LogP contribution is 2.29. The van der Waals surface area contributed by atoms with Gasteiger partial charge in [-0.2, -0.15) is 18.3 Å². The van der Waals surface area contributed by atoms with E-state index in [2.05, 4.69) is 15.4 Å². The van der Waals surface area contributed by atoms with Gasteiger partial charge in [-0.25, -0.2) is 9.50 Å². The quantitative estimate of drug-likeness (QED) is 0.760. The molecular weight excluding hydrogens is 289 g/mol. The van der Waals surface area contributed by atoms with E-state index < -0.39 is 11.9 Å². The Morgan fingerprint density at radius 2 is 2.14 bits per heavy atom. The van der Waals surface area contributed by atoms with Gasteiger partial charge in [0, 0.05) is 31.6 Å². The van der Waals surface area contributed by atoms with Crippen LogP contribution < -0.4 is 5.32 Å². The molecule has 0 radical (unpaired) electrons. The van der Waals surface area contributed by atoms with Crippen LogP contribution in [0.2, 0.25) is 0 Å². The lowest BCUT2D eigenvalue weighted by molar-refractivity contribution is -0.141. The van der Waals surface area contributed by atoms with Gasteiger partial charge < -0.3 is 15.2 Å². The summed E-state index contributed by atoms with van der Waals surface area (Å²) >= 11 is 0. The number of nitrogens with one attached hydrogen (secondary N) is 1. The van der Waals surface area contributed by atoms with E-state index in [-0.39, 0.29) is 18.7 Å². The third-order valence-electron chi connectivity index (χ3n) is 2.67. The van der Waals surface area contributed by atoms with Crippen LogP contribution in [-0.4, -0.2) is 46.1 Å². The molecule has 2 aromatic heterocycles. The minimum atomic E-state index is -4.48. The second-order valence-electron chi connectivity index (χ2n) is 4.25. The van der Waals surface area contributed by atoms with E-state index in [0.717, 1.165) is 10.6 Å². The molecule has 2 heterocycles. The van der Waals surface area contributed by atoms with Gasteiger partial charge >= 0.3 is 6.18 Å². The van der Waals surface area contributed by atoms with Gasteiger partial charge in [0.1, 0.15) is 5.52 Å². The molecule has 9 heteroatoms. The van der Waals surface area contributed by atoms with Gasteiger partial charge in [0.2, 0.25) is 0 Å². The fourth-order valence-electron chi connectivity index (χ4n) is 1.74. The largest absolute Gasteiger partial charge is 0.435 e. The molecule has 0 fully saturated rings. The molecule has 0 saturated carbocycles. The number of alkyl halides is 3. The van der Waals surface area contributed by atoms with Crippen LogP contribution in [0.15, 0.2) is 18.5 Å². The molecular formula is C12H15F3N4O2. The van der Waals surface area contributed by atoms with E-state index >= 15 is 0 Å². The smallest absolute Gasteiger partial charge is 0.394 e. The molecule has 0 aliphatic heterocycles. The zero-order valence-corrected chi connectivity index (χ0v) is 11.1. The summed E-state index contributed by atoms with van der Waals surface area (Å²) in [5.41, 5.74) is -0.689. The van der Waals surface area contributed by atoms with Crippen LogP contribution in [-0.2, 0) is 10.9 Å². The van der Waals surface area contributed by atoms with E-state index in [0.29, 0.717) is 25.4 Å². The second-order valence-corrected chi connectivity index (χ2v) is 4.25. The molecule has 2 N–H and O–H groups in total. The van der Waals surface area contributed by atoms with Crippen molar-refractivity contribution in [3.8, 4) is 0 Å². The number of halogens is 3. The monoisotopic (exact) mass is 304 g/mol. The lowest BCUT2D eigenvalue weighted by atomic mass is 10.3. The minimum Gasteiger partial charge on any atom is -0.394 e. The summed E-state index contributed by atoms with van der Waals surface area (Å²) in [7, 11) is 0. The Balaban J connectivity index is 2.01. The second kappa shape index (κ2) is 6.72. The number of rotatable bonds is 7. The predicted octanol–water partition coefficient (Wildman–Crippen LogP) is 1.56. The van der Waals surface area contributed by atoms with Gasteiger partial charge in [0.25, 0.3) is 0 Å². The van der Waals surface area contributed by atoms with Crippen LogP contribution in [0.4, 0.5) is 19.0 Å². The number of aromatic nitrogens is 3. The van der Waals surface area contributed by atoms with Gasteiger partial charge in [-0.3, -0.25) is 0 Å². The number of hydrogen-bond donors (Lipinski definition) is 2. The first-order chi connectivity index (χ1) is 10.0. The first kappa shape index (κ1) is 15.5. The van der Waals surface area contributed by atoms with Crippen molar-refractivity contribution in [2.24, 2.45) is 0 Å². The summed E-state index contributed by atoms with van der Waals surface area (Å²) in [6.45, 7) is 1.17. The van der Waals surface area contributed by atoms with Crippen LogP contribution in [0.5, 0.6) is 0 Å². The third kappa shape index (κ3) is 4.05. The lowest BCUT2D eigenvalue weighted by Gasteiger charge is -2.06.